The molecule has 1 amide bonds. The lowest BCUT2D eigenvalue weighted by molar-refractivity contribution is -0.121. The molecule has 0 atom stereocenters. The highest BCUT2D eigenvalue weighted by molar-refractivity contribution is 5.98. The van der Waals surface area contributed by atoms with E-state index in [4.69, 9.17) is 9.72 Å². The number of carbonyl (C=O) groups is 1. The molecule has 0 unspecified atom stereocenters. The van der Waals surface area contributed by atoms with Gasteiger partial charge in [-0.1, -0.05) is 18.2 Å². The Morgan fingerprint density at radius 3 is 2.79 bits per heavy atom. The third-order valence-corrected chi connectivity index (χ3v) is 9.40. The van der Waals surface area contributed by atoms with Crippen molar-refractivity contribution < 1.29 is 9.53 Å². The summed E-state index contributed by atoms with van der Waals surface area (Å²) in [5.41, 5.74) is 5.84. The molecule has 4 aliphatic rings. The molecular weight excluding hydrogens is 542 g/mol. The van der Waals surface area contributed by atoms with Gasteiger partial charge in [0.25, 0.3) is 11.5 Å². The molecule has 2 aromatic carbocycles. The van der Waals surface area contributed by atoms with Gasteiger partial charge in [0.05, 0.1) is 17.9 Å². The van der Waals surface area contributed by atoms with Crippen LogP contribution >= 0.6 is 0 Å². The molecule has 0 radical (unpaired) electrons. The molecule has 10 heteroatoms. The topological polar surface area (TPSA) is 97.5 Å². The third-order valence-electron chi connectivity index (χ3n) is 9.40. The Morgan fingerprint density at radius 1 is 1.07 bits per heavy atom. The SMILES string of the molecule is CC(C)N1Cc2cc(Nc3ncc4c(=O)n5n(c4n3)-c3ccc4c(c3)N(CCCC=CC5)C(=O)CO4)ccc2C2(CC2)C1. The van der Waals surface area contributed by atoms with Crippen molar-refractivity contribution in [2.24, 2.45) is 0 Å². The van der Waals surface area contributed by atoms with E-state index in [2.05, 4.69) is 53.3 Å². The van der Waals surface area contributed by atoms with E-state index < -0.39 is 0 Å². The molecule has 1 saturated carbocycles. The van der Waals surface area contributed by atoms with Gasteiger partial charge < -0.3 is 15.0 Å². The number of ether oxygens (including phenoxy) is 1. The predicted octanol–water partition coefficient (Wildman–Crippen LogP) is 4.66. The van der Waals surface area contributed by atoms with E-state index in [1.54, 1.807) is 15.8 Å². The number of fused-ring (bicyclic) bond motifs is 7. The maximum absolute atomic E-state index is 13.6. The summed E-state index contributed by atoms with van der Waals surface area (Å²) in [7, 11) is 0. The van der Waals surface area contributed by atoms with Crippen LogP contribution in [0.25, 0.3) is 16.7 Å². The molecule has 0 saturated heterocycles. The minimum Gasteiger partial charge on any atom is -0.482 e. The summed E-state index contributed by atoms with van der Waals surface area (Å²) in [5, 5.41) is 3.85. The molecule has 2 bridgehead atoms. The highest BCUT2D eigenvalue weighted by Gasteiger charge is 2.49. The largest absolute Gasteiger partial charge is 0.482 e. The van der Waals surface area contributed by atoms with Crippen LogP contribution in [0.5, 0.6) is 5.75 Å². The first-order valence-corrected chi connectivity index (χ1v) is 15.3. The average Bonchev–Trinajstić information content (AvgIpc) is 3.71. The fourth-order valence-corrected chi connectivity index (χ4v) is 6.88. The molecular formula is C33H35N7O3. The Kier molecular flexibility index (Phi) is 5.98. The first-order valence-electron chi connectivity index (χ1n) is 15.3. The van der Waals surface area contributed by atoms with Crippen LogP contribution in [0.4, 0.5) is 17.3 Å². The molecule has 1 N–H and O–H groups in total. The van der Waals surface area contributed by atoms with Crippen molar-refractivity contribution in [2.75, 3.05) is 29.9 Å². The maximum Gasteiger partial charge on any atom is 0.278 e. The highest BCUT2D eigenvalue weighted by Crippen LogP contribution is 2.53. The number of benzene rings is 2. The Balaban J connectivity index is 1.21. The van der Waals surface area contributed by atoms with Gasteiger partial charge in [-0.05, 0) is 81.0 Å². The monoisotopic (exact) mass is 577 g/mol. The van der Waals surface area contributed by atoms with E-state index in [-0.39, 0.29) is 18.1 Å². The van der Waals surface area contributed by atoms with Crippen LogP contribution in [-0.4, -0.2) is 55.9 Å². The molecule has 220 valence electrons. The van der Waals surface area contributed by atoms with Crippen molar-refractivity contribution in [3.63, 3.8) is 0 Å². The molecule has 5 heterocycles. The molecule has 1 aliphatic carbocycles. The summed E-state index contributed by atoms with van der Waals surface area (Å²) < 4.78 is 9.25. The second-order valence-electron chi connectivity index (χ2n) is 12.5. The normalized spacial score (nSPS) is 19.0. The van der Waals surface area contributed by atoms with Crippen LogP contribution in [0.2, 0.25) is 0 Å². The van der Waals surface area contributed by atoms with Gasteiger partial charge in [0, 0.05) is 43.0 Å². The van der Waals surface area contributed by atoms with E-state index >= 15 is 0 Å². The van der Waals surface area contributed by atoms with Gasteiger partial charge in [-0.3, -0.25) is 14.5 Å². The van der Waals surface area contributed by atoms with Gasteiger partial charge in [-0.2, -0.15) is 4.98 Å². The van der Waals surface area contributed by atoms with Crippen LogP contribution in [0.1, 0.15) is 50.7 Å². The average molecular weight is 578 g/mol. The molecule has 4 aromatic rings. The smallest absolute Gasteiger partial charge is 0.278 e. The molecule has 2 aromatic heterocycles. The Bertz CT molecular complexity index is 1870. The quantitative estimate of drug-likeness (QED) is 0.354. The number of amides is 1. The van der Waals surface area contributed by atoms with Gasteiger partial charge >= 0.3 is 0 Å². The van der Waals surface area contributed by atoms with E-state index in [0.717, 1.165) is 37.3 Å². The standard InChI is InChI=1S/C33H35N7O3/c1-21(2)37-18-22-15-23(7-9-26(22)33(20-37)11-12-33)35-32-34-17-25-30(36-32)40-24-8-10-28-27(16-24)38(29(41)19-43-28)13-5-3-4-6-14-39(40)31(25)42/h4,6-10,15-17,21H,3,5,11-14,18-20H2,1-2H3,(H,34,35,36). The first-order chi connectivity index (χ1) is 20.9. The highest BCUT2D eigenvalue weighted by atomic mass is 16.5. The van der Waals surface area contributed by atoms with Crippen LogP contribution in [0.15, 0.2) is 59.5 Å². The van der Waals surface area contributed by atoms with Gasteiger partial charge in [-0.25, -0.2) is 14.3 Å². The zero-order valence-electron chi connectivity index (χ0n) is 24.5. The van der Waals surface area contributed by atoms with Crippen molar-refractivity contribution in [2.45, 2.75) is 64.1 Å². The lowest BCUT2D eigenvalue weighted by Gasteiger charge is -2.37. The zero-order valence-corrected chi connectivity index (χ0v) is 24.5. The second kappa shape index (κ2) is 9.80. The summed E-state index contributed by atoms with van der Waals surface area (Å²) >= 11 is 0. The van der Waals surface area contributed by atoms with Crippen LogP contribution < -0.4 is 20.5 Å². The molecule has 43 heavy (non-hydrogen) atoms. The predicted molar refractivity (Wildman–Crippen MR) is 166 cm³/mol. The summed E-state index contributed by atoms with van der Waals surface area (Å²) in [5.74, 6) is 1.02. The lowest BCUT2D eigenvalue weighted by atomic mass is 9.86. The fraction of sp³-hybridized carbons (Fsp3) is 0.394. The van der Waals surface area contributed by atoms with Gasteiger partial charge in [-0.15, -0.1) is 0 Å². The zero-order chi connectivity index (χ0) is 29.3. The Morgan fingerprint density at radius 2 is 1.95 bits per heavy atom. The number of aromatic nitrogens is 4. The minimum atomic E-state index is -0.164. The van der Waals surface area contributed by atoms with Crippen molar-refractivity contribution in [1.29, 1.82) is 0 Å². The van der Waals surface area contributed by atoms with Crippen molar-refractivity contribution in [3.05, 3.63) is 76.2 Å². The lowest BCUT2D eigenvalue weighted by Crippen LogP contribution is -2.41. The summed E-state index contributed by atoms with van der Waals surface area (Å²) in [6.07, 6.45) is 9.80. The number of hydrogen-bond donors (Lipinski definition) is 1. The number of hydrogen-bond acceptors (Lipinski definition) is 7. The molecule has 3 aliphatic heterocycles. The molecule has 1 fully saturated rings. The Labute approximate surface area is 249 Å². The first kappa shape index (κ1) is 26.2. The fourth-order valence-electron chi connectivity index (χ4n) is 6.88. The van der Waals surface area contributed by atoms with E-state index in [0.29, 0.717) is 53.0 Å². The van der Waals surface area contributed by atoms with Gasteiger partial charge in [0.15, 0.2) is 12.3 Å². The number of allylic oxidation sites excluding steroid dienone is 2. The van der Waals surface area contributed by atoms with Gasteiger partial charge in [0.1, 0.15) is 11.1 Å². The van der Waals surface area contributed by atoms with Crippen LogP contribution in [0, 0.1) is 0 Å². The van der Waals surface area contributed by atoms with Crippen LogP contribution in [-0.2, 0) is 23.3 Å². The molecule has 1 spiro atoms. The number of nitrogens with one attached hydrogen (secondary N) is 1. The summed E-state index contributed by atoms with van der Waals surface area (Å²) in [4.78, 5) is 40.2. The van der Waals surface area contributed by atoms with E-state index in [1.807, 2.05) is 29.0 Å². The minimum absolute atomic E-state index is 0.0286. The maximum atomic E-state index is 13.6. The van der Waals surface area contributed by atoms with Gasteiger partial charge in [0.2, 0.25) is 5.95 Å². The van der Waals surface area contributed by atoms with E-state index in [1.165, 1.54) is 24.0 Å². The summed E-state index contributed by atoms with van der Waals surface area (Å²) in [6.45, 7) is 7.63. The molecule has 10 nitrogen and oxygen atoms in total. The Hall–Kier alpha value is -4.44. The van der Waals surface area contributed by atoms with E-state index in [9.17, 15) is 9.59 Å². The number of anilines is 3. The third kappa shape index (κ3) is 4.34. The summed E-state index contributed by atoms with van der Waals surface area (Å²) in [6, 6.07) is 12.8. The number of carbonyl (C=O) groups excluding carboxylic acids is 1. The molecule has 8 rings (SSSR count). The van der Waals surface area contributed by atoms with Crippen molar-refractivity contribution in [3.8, 4) is 11.4 Å². The van der Waals surface area contributed by atoms with Crippen molar-refractivity contribution >= 4 is 34.3 Å². The van der Waals surface area contributed by atoms with Crippen LogP contribution in [0.3, 0.4) is 0 Å². The number of nitrogens with zero attached hydrogens (tertiary/aromatic N) is 6. The van der Waals surface area contributed by atoms with Crippen molar-refractivity contribution in [1.82, 2.24) is 24.2 Å². The second-order valence-corrected chi connectivity index (χ2v) is 12.5. The number of rotatable bonds is 3.